The molecule has 0 atom stereocenters. The summed E-state index contributed by atoms with van der Waals surface area (Å²) in [6.07, 6.45) is 0.745. The summed E-state index contributed by atoms with van der Waals surface area (Å²) in [7, 11) is 1.94. The molecule has 128 valence electrons. The largest absolute Gasteiger partial charge is 0.366 e. The molecule has 1 aromatic heterocycles. The predicted octanol–water partition coefficient (Wildman–Crippen LogP) is 4.05. The molecule has 0 aliphatic carbocycles. The van der Waals surface area contributed by atoms with E-state index in [1.807, 2.05) is 55.1 Å². The summed E-state index contributed by atoms with van der Waals surface area (Å²) >= 11 is 5.95. The van der Waals surface area contributed by atoms with Gasteiger partial charge in [0, 0.05) is 29.6 Å². The van der Waals surface area contributed by atoms with Gasteiger partial charge in [0.05, 0.1) is 11.4 Å². The molecule has 0 spiro atoms. The Balaban J connectivity index is 1.98. The number of rotatable bonds is 4. The molecule has 5 heteroatoms. The van der Waals surface area contributed by atoms with Gasteiger partial charge < -0.3 is 5.73 Å². The highest BCUT2D eigenvalue weighted by Gasteiger charge is 2.16. The van der Waals surface area contributed by atoms with Crippen LogP contribution >= 0.6 is 11.6 Å². The van der Waals surface area contributed by atoms with E-state index in [0.717, 1.165) is 45.1 Å². The number of primary amides is 1. The summed E-state index contributed by atoms with van der Waals surface area (Å²) in [5, 5.41) is 5.41. The highest BCUT2D eigenvalue weighted by Crippen LogP contribution is 2.28. The van der Waals surface area contributed by atoms with E-state index in [9.17, 15) is 4.79 Å². The number of aryl methyl sites for hydroxylation is 2. The molecule has 0 aliphatic heterocycles. The molecular weight excluding hydrogens is 334 g/mol. The van der Waals surface area contributed by atoms with Crippen molar-refractivity contribution in [3.63, 3.8) is 0 Å². The first-order valence-corrected chi connectivity index (χ1v) is 8.42. The van der Waals surface area contributed by atoms with Crippen molar-refractivity contribution < 1.29 is 4.79 Å². The molecule has 0 radical (unpaired) electrons. The molecule has 2 N–H and O–H groups in total. The smallest absolute Gasteiger partial charge is 0.248 e. The van der Waals surface area contributed by atoms with E-state index in [4.69, 9.17) is 17.3 Å². The molecule has 3 rings (SSSR count). The molecule has 0 fully saturated rings. The molecule has 0 bridgehead atoms. The molecule has 25 heavy (non-hydrogen) atoms. The van der Waals surface area contributed by atoms with Crippen molar-refractivity contribution in [2.75, 3.05) is 0 Å². The molecule has 4 nitrogen and oxygen atoms in total. The number of hydrogen-bond donors (Lipinski definition) is 1. The zero-order chi connectivity index (χ0) is 18.1. The van der Waals surface area contributed by atoms with Crippen LogP contribution in [0.25, 0.3) is 11.3 Å². The van der Waals surface area contributed by atoms with Gasteiger partial charge in [-0.2, -0.15) is 5.10 Å². The van der Waals surface area contributed by atoms with Gasteiger partial charge in [0.25, 0.3) is 0 Å². The minimum atomic E-state index is -0.408. The summed E-state index contributed by atoms with van der Waals surface area (Å²) in [6, 6.07) is 13.5. The van der Waals surface area contributed by atoms with Crippen molar-refractivity contribution in [3.05, 3.63) is 75.4 Å². The van der Waals surface area contributed by atoms with Crippen molar-refractivity contribution in [2.24, 2.45) is 12.8 Å². The molecule has 0 unspecified atom stereocenters. The van der Waals surface area contributed by atoms with Crippen molar-refractivity contribution in [3.8, 4) is 11.3 Å². The van der Waals surface area contributed by atoms with Crippen LogP contribution in [-0.4, -0.2) is 15.7 Å². The van der Waals surface area contributed by atoms with E-state index in [1.165, 1.54) is 0 Å². The maximum atomic E-state index is 11.4. The Labute approximate surface area is 152 Å². The first-order chi connectivity index (χ1) is 11.9. The van der Waals surface area contributed by atoms with Crippen LogP contribution in [0.2, 0.25) is 5.02 Å². The molecule has 0 saturated carbocycles. The van der Waals surface area contributed by atoms with Crippen LogP contribution in [0, 0.1) is 13.8 Å². The van der Waals surface area contributed by atoms with Gasteiger partial charge in [-0.05, 0) is 54.8 Å². The van der Waals surface area contributed by atoms with Gasteiger partial charge in [-0.3, -0.25) is 9.48 Å². The molecule has 2 aromatic carbocycles. The van der Waals surface area contributed by atoms with Gasteiger partial charge in [0.2, 0.25) is 5.91 Å². The third-order valence-corrected chi connectivity index (χ3v) is 4.68. The SMILES string of the molecule is Cc1cc(-c2c(C)c(Cc3ccc(Cl)cc3)nn2C)ccc1C(N)=O. The van der Waals surface area contributed by atoms with Crippen LogP contribution in [0.15, 0.2) is 42.5 Å². The van der Waals surface area contributed by atoms with Crippen molar-refractivity contribution in [2.45, 2.75) is 20.3 Å². The van der Waals surface area contributed by atoms with Gasteiger partial charge in [-0.25, -0.2) is 0 Å². The first-order valence-electron chi connectivity index (χ1n) is 8.04. The minimum absolute atomic E-state index is 0.408. The number of benzene rings is 2. The maximum absolute atomic E-state index is 11.4. The fourth-order valence-electron chi connectivity index (χ4n) is 3.14. The van der Waals surface area contributed by atoms with Crippen molar-refractivity contribution >= 4 is 17.5 Å². The molecule has 1 heterocycles. The number of amides is 1. The quantitative estimate of drug-likeness (QED) is 0.769. The topological polar surface area (TPSA) is 60.9 Å². The zero-order valence-corrected chi connectivity index (χ0v) is 15.3. The summed E-state index contributed by atoms with van der Waals surface area (Å²) in [4.78, 5) is 11.4. The second kappa shape index (κ2) is 6.73. The Morgan fingerprint density at radius 1 is 1.16 bits per heavy atom. The van der Waals surface area contributed by atoms with E-state index >= 15 is 0 Å². The van der Waals surface area contributed by atoms with E-state index in [2.05, 4.69) is 12.0 Å². The number of hydrogen-bond acceptors (Lipinski definition) is 2. The lowest BCUT2D eigenvalue weighted by atomic mass is 9.99. The Kier molecular flexibility index (Phi) is 4.64. The molecule has 0 saturated heterocycles. The maximum Gasteiger partial charge on any atom is 0.248 e. The first kappa shape index (κ1) is 17.2. The van der Waals surface area contributed by atoms with E-state index in [-0.39, 0.29) is 0 Å². The third-order valence-electron chi connectivity index (χ3n) is 4.43. The standard InChI is InChI=1S/C20H20ClN3O/c1-12-10-15(6-9-17(12)20(22)25)19-13(2)18(23-24(19)3)11-14-4-7-16(21)8-5-14/h4-10H,11H2,1-3H3,(H2,22,25). The van der Waals surface area contributed by atoms with Gasteiger partial charge in [0.15, 0.2) is 0 Å². The normalized spacial score (nSPS) is 10.9. The summed E-state index contributed by atoms with van der Waals surface area (Å²) in [5.41, 5.74) is 12.2. The third kappa shape index (κ3) is 3.44. The molecule has 3 aromatic rings. The average Bonchev–Trinajstić information content (AvgIpc) is 2.83. The molecular formula is C20H20ClN3O. The zero-order valence-electron chi connectivity index (χ0n) is 14.5. The van der Waals surface area contributed by atoms with Crippen LogP contribution in [0.1, 0.15) is 32.7 Å². The number of nitrogens with two attached hydrogens (primary N) is 1. The summed E-state index contributed by atoms with van der Waals surface area (Å²) in [6.45, 7) is 3.97. The molecule has 1 amide bonds. The lowest BCUT2D eigenvalue weighted by Crippen LogP contribution is -2.12. The lowest BCUT2D eigenvalue weighted by Gasteiger charge is -2.08. The summed E-state index contributed by atoms with van der Waals surface area (Å²) < 4.78 is 1.89. The minimum Gasteiger partial charge on any atom is -0.366 e. The fraction of sp³-hybridized carbons (Fsp3) is 0.200. The Morgan fingerprint density at radius 2 is 1.84 bits per heavy atom. The van der Waals surface area contributed by atoms with Crippen LogP contribution in [0.5, 0.6) is 0 Å². The van der Waals surface area contributed by atoms with Gasteiger partial charge in [0.1, 0.15) is 0 Å². The second-order valence-electron chi connectivity index (χ2n) is 6.24. The summed E-state index contributed by atoms with van der Waals surface area (Å²) in [5.74, 6) is -0.408. The Bertz CT molecular complexity index is 942. The van der Waals surface area contributed by atoms with Crippen molar-refractivity contribution in [1.29, 1.82) is 0 Å². The average molecular weight is 354 g/mol. The van der Waals surface area contributed by atoms with Crippen LogP contribution in [-0.2, 0) is 13.5 Å². The van der Waals surface area contributed by atoms with E-state index in [0.29, 0.717) is 5.56 Å². The van der Waals surface area contributed by atoms with Crippen LogP contribution in [0.3, 0.4) is 0 Å². The van der Waals surface area contributed by atoms with Gasteiger partial charge in [-0.1, -0.05) is 29.8 Å². The highest BCUT2D eigenvalue weighted by molar-refractivity contribution is 6.30. The predicted molar refractivity (Wildman–Crippen MR) is 101 cm³/mol. The Hall–Kier alpha value is -2.59. The number of halogens is 1. The number of carbonyl (C=O) groups excluding carboxylic acids is 1. The lowest BCUT2D eigenvalue weighted by molar-refractivity contribution is 0.0999. The van der Waals surface area contributed by atoms with Crippen LogP contribution < -0.4 is 5.73 Å². The van der Waals surface area contributed by atoms with E-state index < -0.39 is 5.91 Å². The number of nitrogens with zero attached hydrogens (tertiary/aromatic N) is 2. The highest BCUT2D eigenvalue weighted by atomic mass is 35.5. The number of aromatic nitrogens is 2. The number of carbonyl (C=O) groups is 1. The second-order valence-corrected chi connectivity index (χ2v) is 6.68. The fourth-order valence-corrected chi connectivity index (χ4v) is 3.27. The monoisotopic (exact) mass is 353 g/mol. The van der Waals surface area contributed by atoms with Crippen LogP contribution in [0.4, 0.5) is 0 Å². The van der Waals surface area contributed by atoms with Gasteiger partial charge in [-0.15, -0.1) is 0 Å². The van der Waals surface area contributed by atoms with E-state index in [1.54, 1.807) is 6.07 Å². The van der Waals surface area contributed by atoms with Crippen molar-refractivity contribution in [1.82, 2.24) is 9.78 Å². The van der Waals surface area contributed by atoms with Gasteiger partial charge >= 0.3 is 0 Å². The Morgan fingerprint density at radius 3 is 2.44 bits per heavy atom. The molecule has 0 aliphatic rings.